The summed E-state index contributed by atoms with van der Waals surface area (Å²) in [4.78, 5) is 25.8. The van der Waals surface area contributed by atoms with E-state index in [1.54, 1.807) is 22.7 Å². The van der Waals surface area contributed by atoms with Crippen LogP contribution in [0.5, 0.6) is 0 Å². The summed E-state index contributed by atoms with van der Waals surface area (Å²) in [6.07, 6.45) is 1.79. The van der Waals surface area contributed by atoms with Crippen LogP contribution in [0.4, 0.5) is 0 Å². The quantitative estimate of drug-likeness (QED) is 0.504. The molecule has 4 rings (SSSR count). The summed E-state index contributed by atoms with van der Waals surface area (Å²) in [6, 6.07) is 8.09. The summed E-state index contributed by atoms with van der Waals surface area (Å²) in [5.74, 6) is 1.58. The van der Waals surface area contributed by atoms with Gasteiger partial charge in [0.25, 0.3) is 0 Å². The molecule has 0 saturated carbocycles. The van der Waals surface area contributed by atoms with Crippen molar-refractivity contribution in [2.45, 2.75) is 19.4 Å². The van der Waals surface area contributed by atoms with E-state index in [2.05, 4.69) is 26.0 Å². The van der Waals surface area contributed by atoms with Gasteiger partial charge >= 0.3 is 0 Å². The maximum atomic E-state index is 12.5. The molecule has 0 aromatic carbocycles. The number of rotatable bonds is 9. The van der Waals surface area contributed by atoms with Gasteiger partial charge in [0.2, 0.25) is 17.6 Å². The average Bonchev–Trinajstić information content (AvgIpc) is 3.52. The molecule has 0 atom stereocenters. The summed E-state index contributed by atoms with van der Waals surface area (Å²) in [5, 5.41) is 8.13. The molecule has 0 aliphatic carbocycles. The molecule has 1 fully saturated rings. The van der Waals surface area contributed by atoms with Gasteiger partial charge in [0, 0.05) is 44.5 Å². The Morgan fingerprint density at radius 2 is 1.90 bits per heavy atom. The number of hydrogen-bond acceptors (Lipinski definition) is 8. The van der Waals surface area contributed by atoms with Crippen molar-refractivity contribution in [2.24, 2.45) is 0 Å². The molecule has 1 aliphatic heterocycles. The molecule has 1 aliphatic rings. The van der Waals surface area contributed by atoms with E-state index < -0.39 is 0 Å². The number of likely N-dealkylation sites (N-methyl/N-ethyl adjacent to an activating group) is 1. The van der Waals surface area contributed by atoms with Crippen molar-refractivity contribution in [1.29, 1.82) is 0 Å². The molecule has 4 heterocycles. The van der Waals surface area contributed by atoms with Crippen LogP contribution in [0.2, 0.25) is 0 Å². The first-order chi connectivity index (χ1) is 14.7. The Morgan fingerprint density at radius 1 is 1.13 bits per heavy atom. The van der Waals surface area contributed by atoms with Crippen molar-refractivity contribution in [3.8, 4) is 10.7 Å². The summed E-state index contributed by atoms with van der Waals surface area (Å²) >= 11 is 3.31. The van der Waals surface area contributed by atoms with E-state index in [0.717, 1.165) is 50.4 Å². The van der Waals surface area contributed by atoms with Crippen LogP contribution in [0, 0.1) is 0 Å². The second-order valence-corrected chi connectivity index (χ2v) is 9.52. The maximum Gasteiger partial charge on any atom is 0.236 e. The van der Waals surface area contributed by atoms with Crippen molar-refractivity contribution in [2.75, 3.05) is 46.3 Å². The zero-order valence-corrected chi connectivity index (χ0v) is 18.8. The van der Waals surface area contributed by atoms with Gasteiger partial charge in [0.15, 0.2) is 0 Å². The number of aromatic nitrogens is 2. The van der Waals surface area contributed by atoms with Crippen LogP contribution in [-0.2, 0) is 17.8 Å². The molecule has 0 unspecified atom stereocenters. The van der Waals surface area contributed by atoms with E-state index >= 15 is 0 Å². The molecule has 0 N–H and O–H groups in total. The molecule has 1 saturated heterocycles. The van der Waals surface area contributed by atoms with Gasteiger partial charge < -0.3 is 14.3 Å². The Hall–Kier alpha value is -2.07. The Bertz CT molecular complexity index is 902. The SMILES string of the molecule is CN(Cc1cccs1)C(=O)CN1CCN(CCCc2nc(-c3cccs3)no2)CC1. The number of nitrogens with zero attached hydrogens (tertiary/aromatic N) is 5. The van der Waals surface area contributed by atoms with E-state index in [0.29, 0.717) is 24.8 Å². The predicted octanol–water partition coefficient (Wildman–Crippen LogP) is 3.07. The van der Waals surface area contributed by atoms with Crippen LogP contribution in [0.15, 0.2) is 39.5 Å². The molecule has 160 valence electrons. The molecule has 0 radical (unpaired) electrons. The van der Waals surface area contributed by atoms with Crippen LogP contribution in [0.25, 0.3) is 10.7 Å². The zero-order valence-electron chi connectivity index (χ0n) is 17.2. The zero-order chi connectivity index (χ0) is 20.8. The first-order valence-corrected chi connectivity index (χ1v) is 12.0. The minimum Gasteiger partial charge on any atom is -0.340 e. The highest BCUT2D eigenvalue weighted by Gasteiger charge is 2.20. The van der Waals surface area contributed by atoms with Gasteiger partial charge in [-0.05, 0) is 35.9 Å². The van der Waals surface area contributed by atoms with Crippen LogP contribution in [-0.4, -0.2) is 77.1 Å². The normalized spacial score (nSPS) is 15.5. The minimum absolute atomic E-state index is 0.190. The fourth-order valence-corrected chi connectivity index (χ4v) is 4.93. The van der Waals surface area contributed by atoms with Crippen molar-refractivity contribution >= 4 is 28.6 Å². The fraction of sp³-hybridized carbons (Fsp3) is 0.476. The van der Waals surface area contributed by atoms with Crippen LogP contribution < -0.4 is 0 Å². The van der Waals surface area contributed by atoms with E-state index in [4.69, 9.17) is 4.52 Å². The van der Waals surface area contributed by atoms with Gasteiger partial charge in [0.1, 0.15) is 0 Å². The van der Waals surface area contributed by atoms with Crippen LogP contribution in [0.3, 0.4) is 0 Å². The number of thiophene rings is 2. The van der Waals surface area contributed by atoms with Crippen molar-refractivity contribution in [3.63, 3.8) is 0 Å². The minimum atomic E-state index is 0.190. The third-order valence-corrected chi connectivity index (χ3v) is 7.02. The Labute approximate surface area is 184 Å². The Balaban J connectivity index is 1.13. The van der Waals surface area contributed by atoms with Crippen LogP contribution >= 0.6 is 22.7 Å². The second-order valence-electron chi connectivity index (χ2n) is 7.54. The molecule has 0 bridgehead atoms. The monoisotopic (exact) mass is 445 g/mol. The van der Waals surface area contributed by atoms with Gasteiger partial charge in [-0.15, -0.1) is 22.7 Å². The Morgan fingerprint density at radius 3 is 2.63 bits per heavy atom. The fourth-order valence-electron chi connectivity index (χ4n) is 3.52. The summed E-state index contributed by atoms with van der Waals surface area (Å²) < 4.78 is 5.38. The smallest absolute Gasteiger partial charge is 0.236 e. The number of carbonyl (C=O) groups excluding carboxylic acids is 1. The molecule has 7 nitrogen and oxygen atoms in total. The Kier molecular flexibility index (Phi) is 7.27. The van der Waals surface area contributed by atoms with Crippen molar-refractivity contribution in [1.82, 2.24) is 24.8 Å². The van der Waals surface area contributed by atoms with E-state index in [-0.39, 0.29) is 5.91 Å². The third-order valence-electron chi connectivity index (χ3n) is 5.30. The van der Waals surface area contributed by atoms with E-state index in [1.165, 1.54) is 4.88 Å². The molecular weight excluding hydrogens is 418 g/mol. The van der Waals surface area contributed by atoms with Gasteiger partial charge in [-0.25, -0.2) is 0 Å². The first kappa shape index (κ1) is 21.2. The lowest BCUT2D eigenvalue weighted by Gasteiger charge is -2.34. The molecule has 9 heteroatoms. The molecule has 30 heavy (non-hydrogen) atoms. The lowest BCUT2D eigenvalue weighted by Crippen LogP contribution is -2.49. The van der Waals surface area contributed by atoms with Crippen LogP contribution in [0.1, 0.15) is 17.2 Å². The highest BCUT2D eigenvalue weighted by atomic mass is 32.1. The lowest BCUT2D eigenvalue weighted by molar-refractivity contribution is -0.132. The average molecular weight is 446 g/mol. The predicted molar refractivity (Wildman–Crippen MR) is 120 cm³/mol. The number of piperazine rings is 1. The summed E-state index contributed by atoms with van der Waals surface area (Å²) in [7, 11) is 1.89. The standard InChI is InChI=1S/C21H27N5O2S2/c1-24(15-17-5-3-13-29-17)20(27)16-26-11-9-25(10-12-26)8-2-7-19-22-21(23-28-19)18-6-4-14-30-18/h3-6,13-14H,2,7-12,15-16H2,1H3. The van der Waals surface area contributed by atoms with Crippen molar-refractivity contribution in [3.05, 3.63) is 45.8 Å². The number of hydrogen-bond donors (Lipinski definition) is 0. The summed E-state index contributed by atoms with van der Waals surface area (Å²) in [5.41, 5.74) is 0. The molecular formula is C21H27N5O2S2. The van der Waals surface area contributed by atoms with E-state index in [1.807, 2.05) is 40.9 Å². The highest BCUT2D eigenvalue weighted by Crippen LogP contribution is 2.21. The topological polar surface area (TPSA) is 65.7 Å². The highest BCUT2D eigenvalue weighted by molar-refractivity contribution is 7.13. The number of carbonyl (C=O) groups is 1. The van der Waals surface area contributed by atoms with Gasteiger partial charge in [-0.3, -0.25) is 9.69 Å². The molecule has 1 amide bonds. The molecule has 3 aromatic heterocycles. The second kappa shape index (κ2) is 10.3. The largest absolute Gasteiger partial charge is 0.340 e. The molecule has 3 aromatic rings. The maximum absolute atomic E-state index is 12.5. The third kappa shape index (κ3) is 5.75. The van der Waals surface area contributed by atoms with E-state index in [9.17, 15) is 4.79 Å². The summed E-state index contributed by atoms with van der Waals surface area (Å²) in [6.45, 7) is 6.06. The first-order valence-electron chi connectivity index (χ1n) is 10.2. The van der Waals surface area contributed by atoms with Gasteiger partial charge in [0.05, 0.1) is 18.0 Å². The lowest BCUT2D eigenvalue weighted by atomic mass is 10.2. The van der Waals surface area contributed by atoms with Gasteiger partial charge in [-0.1, -0.05) is 17.3 Å². The molecule has 0 spiro atoms. The number of aryl methyl sites for hydroxylation is 1. The van der Waals surface area contributed by atoms with Gasteiger partial charge in [-0.2, -0.15) is 4.98 Å². The number of amides is 1. The van der Waals surface area contributed by atoms with Crippen molar-refractivity contribution < 1.29 is 9.32 Å².